The quantitative estimate of drug-likeness (QED) is 0.359. The molecule has 0 saturated carbocycles. The second-order valence-corrected chi connectivity index (χ2v) is 10.3. The molecule has 1 aliphatic rings. The molecule has 1 N–H and O–H groups in total. The highest BCUT2D eigenvalue weighted by molar-refractivity contribution is 7.21. The Balaban J connectivity index is 1.70. The highest BCUT2D eigenvalue weighted by Crippen LogP contribution is 2.37. The molecule has 0 aliphatic carbocycles. The van der Waals surface area contributed by atoms with Gasteiger partial charge in [-0.1, -0.05) is 39.3 Å². The third-order valence-electron chi connectivity index (χ3n) is 6.78. The van der Waals surface area contributed by atoms with E-state index in [1.165, 1.54) is 24.2 Å². The van der Waals surface area contributed by atoms with Gasteiger partial charge in [-0.25, -0.2) is 4.98 Å². The lowest BCUT2D eigenvalue weighted by atomic mass is 9.98. The Morgan fingerprint density at radius 1 is 1.21 bits per heavy atom. The van der Waals surface area contributed by atoms with Gasteiger partial charge >= 0.3 is 0 Å². The average Bonchev–Trinajstić information content (AvgIpc) is 3.24. The number of para-hydroxylation sites is 1. The van der Waals surface area contributed by atoms with Gasteiger partial charge in [-0.15, -0.1) is 11.3 Å². The molecule has 33 heavy (non-hydrogen) atoms. The molecule has 172 valence electrons. The number of aromatic hydroxyl groups is 1. The molecular formula is C27H30N2O3S. The molecule has 1 unspecified atom stereocenters. The average molecular weight is 463 g/mol. The van der Waals surface area contributed by atoms with Crippen LogP contribution in [0.25, 0.3) is 31.8 Å². The smallest absolute Gasteiger partial charge is 0.203 e. The number of aromatic nitrogens is 1. The first-order chi connectivity index (χ1) is 16.0. The van der Waals surface area contributed by atoms with Crippen LogP contribution in [0.4, 0.5) is 0 Å². The van der Waals surface area contributed by atoms with Crippen LogP contribution >= 0.6 is 11.3 Å². The maximum absolute atomic E-state index is 13.8. The van der Waals surface area contributed by atoms with Crippen molar-refractivity contribution in [2.24, 2.45) is 0 Å². The number of hydrogen-bond acceptors (Lipinski definition) is 6. The normalized spacial score (nSPS) is 17.4. The highest BCUT2D eigenvalue weighted by atomic mass is 32.1. The van der Waals surface area contributed by atoms with E-state index in [9.17, 15) is 9.90 Å². The van der Waals surface area contributed by atoms with Crippen molar-refractivity contribution in [2.75, 3.05) is 6.54 Å². The fourth-order valence-corrected chi connectivity index (χ4v) is 6.01. The van der Waals surface area contributed by atoms with Gasteiger partial charge in [0, 0.05) is 18.5 Å². The lowest BCUT2D eigenvalue weighted by Crippen LogP contribution is -2.38. The van der Waals surface area contributed by atoms with Crippen LogP contribution < -0.4 is 5.43 Å². The van der Waals surface area contributed by atoms with Crippen LogP contribution in [-0.2, 0) is 6.54 Å². The summed E-state index contributed by atoms with van der Waals surface area (Å²) in [5, 5.41) is 12.0. The van der Waals surface area contributed by atoms with E-state index in [4.69, 9.17) is 9.40 Å². The summed E-state index contributed by atoms with van der Waals surface area (Å²) in [6, 6.07) is 11.7. The van der Waals surface area contributed by atoms with Gasteiger partial charge in [0.15, 0.2) is 0 Å². The number of hydrogen-bond donors (Lipinski definition) is 1. The number of likely N-dealkylation sites (tertiary alicyclic amines) is 1. The largest absolute Gasteiger partial charge is 0.507 e. The van der Waals surface area contributed by atoms with E-state index in [0.29, 0.717) is 45.5 Å². The van der Waals surface area contributed by atoms with Gasteiger partial charge in [0.2, 0.25) is 5.43 Å². The van der Waals surface area contributed by atoms with Crippen LogP contribution in [0.1, 0.15) is 63.7 Å². The molecule has 4 aromatic rings. The summed E-state index contributed by atoms with van der Waals surface area (Å²) in [6.07, 6.45) is 4.65. The van der Waals surface area contributed by atoms with Crippen molar-refractivity contribution in [1.82, 2.24) is 9.88 Å². The summed E-state index contributed by atoms with van der Waals surface area (Å²) < 4.78 is 7.53. The van der Waals surface area contributed by atoms with Crippen molar-refractivity contribution in [3.05, 3.63) is 57.9 Å². The van der Waals surface area contributed by atoms with E-state index < -0.39 is 0 Å². The second kappa shape index (κ2) is 8.92. The van der Waals surface area contributed by atoms with Crippen LogP contribution in [0.2, 0.25) is 0 Å². The molecule has 6 heteroatoms. The summed E-state index contributed by atoms with van der Waals surface area (Å²) in [5.41, 5.74) is 2.57. The maximum atomic E-state index is 13.8. The molecule has 1 saturated heterocycles. The molecular weight excluding hydrogens is 432 g/mol. The number of fused-ring (bicyclic) bond motifs is 2. The molecule has 1 fully saturated rings. The van der Waals surface area contributed by atoms with Gasteiger partial charge in [-0.3, -0.25) is 9.69 Å². The van der Waals surface area contributed by atoms with Crippen LogP contribution in [0, 0.1) is 0 Å². The predicted molar refractivity (Wildman–Crippen MR) is 135 cm³/mol. The first-order valence-electron chi connectivity index (χ1n) is 11.9. The van der Waals surface area contributed by atoms with Crippen LogP contribution in [0.5, 0.6) is 5.75 Å². The number of thiazole rings is 1. The summed E-state index contributed by atoms with van der Waals surface area (Å²) in [4.78, 5) is 21.0. The second-order valence-electron chi connectivity index (χ2n) is 9.28. The molecule has 0 bridgehead atoms. The SMILES string of the molecule is CCC1CCCCN1Cc1c(O)ccc2c(=O)c(-c3nc4ccccc4s3)c(C(C)C)oc12. The minimum atomic E-state index is -0.0778. The van der Waals surface area contributed by atoms with E-state index >= 15 is 0 Å². The Kier molecular flexibility index (Phi) is 5.97. The Bertz CT molecular complexity index is 1340. The van der Waals surface area contributed by atoms with Gasteiger partial charge in [0.25, 0.3) is 0 Å². The molecule has 1 atom stereocenters. The van der Waals surface area contributed by atoms with Crippen LogP contribution in [0.15, 0.2) is 45.6 Å². The third kappa shape index (κ3) is 3.96. The first kappa shape index (κ1) is 22.1. The Morgan fingerprint density at radius 3 is 2.79 bits per heavy atom. The maximum Gasteiger partial charge on any atom is 0.203 e. The zero-order chi connectivity index (χ0) is 23.1. The fraction of sp³-hybridized carbons (Fsp3) is 0.407. The zero-order valence-corrected chi connectivity index (χ0v) is 20.2. The van der Waals surface area contributed by atoms with Crippen molar-refractivity contribution in [3.63, 3.8) is 0 Å². The van der Waals surface area contributed by atoms with Crippen molar-refractivity contribution in [1.29, 1.82) is 0 Å². The summed E-state index contributed by atoms with van der Waals surface area (Å²) >= 11 is 1.52. The van der Waals surface area contributed by atoms with E-state index in [-0.39, 0.29) is 17.1 Å². The summed E-state index contributed by atoms with van der Waals surface area (Å²) in [6.45, 7) is 7.86. The molecule has 5 nitrogen and oxygen atoms in total. The molecule has 2 aromatic heterocycles. The monoisotopic (exact) mass is 462 g/mol. The summed E-state index contributed by atoms with van der Waals surface area (Å²) in [7, 11) is 0. The van der Waals surface area contributed by atoms with E-state index in [2.05, 4.69) is 11.8 Å². The van der Waals surface area contributed by atoms with Crippen LogP contribution in [-0.4, -0.2) is 27.6 Å². The van der Waals surface area contributed by atoms with Gasteiger partial charge in [-0.2, -0.15) is 0 Å². The fourth-order valence-electron chi connectivity index (χ4n) is 4.99. The molecule has 0 amide bonds. The van der Waals surface area contributed by atoms with Gasteiger partial charge in [0.1, 0.15) is 22.1 Å². The molecule has 2 aromatic carbocycles. The van der Waals surface area contributed by atoms with Gasteiger partial charge < -0.3 is 9.52 Å². The van der Waals surface area contributed by atoms with E-state index in [1.807, 2.05) is 38.1 Å². The Morgan fingerprint density at radius 2 is 2.03 bits per heavy atom. The standard InChI is InChI=1S/C27H30N2O3S/c1-4-17-9-7-8-14-29(17)15-19-21(30)13-12-18-24(31)23(25(16(2)3)32-26(18)19)27-28-20-10-5-6-11-22(20)33-27/h5-6,10-13,16-17,30H,4,7-9,14-15H2,1-3H3. The highest BCUT2D eigenvalue weighted by Gasteiger charge is 2.27. The summed E-state index contributed by atoms with van der Waals surface area (Å²) in [5.74, 6) is 0.815. The molecule has 1 aliphatic heterocycles. The van der Waals surface area contributed by atoms with Gasteiger partial charge in [-0.05, 0) is 50.1 Å². The lowest BCUT2D eigenvalue weighted by Gasteiger charge is -2.35. The number of phenols is 1. The molecule has 3 heterocycles. The zero-order valence-electron chi connectivity index (χ0n) is 19.4. The molecule has 0 radical (unpaired) electrons. The van der Waals surface area contributed by atoms with Crippen molar-refractivity contribution < 1.29 is 9.52 Å². The number of rotatable bonds is 5. The molecule has 5 rings (SSSR count). The van der Waals surface area contributed by atoms with E-state index in [0.717, 1.165) is 29.6 Å². The number of phenolic OH excluding ortho intramolecular Hbond substituents is 1. The van der Waals surface area contributed by atoms with Gasteiger partial charge in [0.05, 0.1) is 26.7 Å². The van der Waals surface area contributed by atoms with Crippen molar-refractivity contribution in [3.8, 4) is 16.3 Å². The Labute approximate surface area is 197 Å². The lowest BCUT2D eigenvalue weighted by molar-refractivity contribution is 0.135. The minimum absolute atomic E-state index is 0.00214. The third-order valence-corrected chi connectivity index (χ3v) is 7.83. The number of piperidine rings is 1. The first-order valence-corrected chi connectivity index (χ1v) is 12.7. The predicted octanol–water partition coefficient (Wildman–Crippen LogP) is 6.66. The number of nitrogens with zero attached hydrogens (tertiary/aromatic N) is 2. The Hall–Kier alpha value is -2.70. The van der Waals surface area contributed by atoms with Crippen LogP contribution in [0.3, 0.4) is 0 Å². The minimum Gasteiger partial charge on any atom is -0.507 e. The van der Waals surface area contributed by atoms with E-state index in [1.54, 1.807) is 12.1 Å². The molecule has 0 spiro atoms. The topological polar surface area (TPSA) is 66.6 Å². The van der Waals surface area contributed by atoms with Crippen molar-refractivity contribution >= 4 is 32.5 Å². The van der Waals surface area contributed by atoms with Crippen molar-refractivity contribution in [2.45, 2.75) is 65.0 Å². The number of benzene rings is 2.